The monoisotopic (exact) mass is 460 g/mol. The fourth-order valence-corrected chi connectivity index (χ4v) is 4.66. The normalized spacial score (nSPS) is 16.1. The number of ketones is 1. The second-order valence-corrected chi connectivity index (χ2v) is 9.69. The number of Topliss-reactive ketones (excluding diaryl/α,β-unsaturated/α-hetero) is 1. The molecule has 0 unspecified atom stereocenters. The highest BCUT2D eigenvalue weighted by Gasteiger charge is 2.34. The van der Waals surface area contributed by atoms with Gasteiger partial charge in [0.2, 0.25) is 0 Å². The van der Waals surface area contributed by atoms with E-state index >= 15 is 0 Å². The molecule has 1 aliphatic carbocycles. The van der Waals surface area contributed by atoms with Crippen LogP contribution in [0.2, 0.25) is 0 Å². The second kappa shape index (κ2) is 10.3. The van der Waals surface area contributed by atoms with E-state index in [9.17, 15) is 9.18 Å². The third-order valence-corrected chi connectivity index (χ3v) is 6.93. The second-order valence-electron chi connectivity index (χ2n) is 8.55. The number of carbonyl (C=O) groups excluding carboxylic acids is 1. The number of hydrogen-bond acceptors (Lipinski definition) is 4. The SMILES string of the molecule is C=N/C=C\C(=C/C)c1cc(F)cc(/C(=C/C)SC(=C)c2ccc3c(n2)CCC(C)(C)C3=O)c1. The van der Waals surface area contributed by atoms with Crippen molar-refractivity contribution in [3.05, 3.63) is 95.2 Å². The maximum atomic E-state index is 14.5. The summed E-state index contributed by atoms with van der Waals surface area (Å²) in [5.74, 6) is -0.177. The number of thioether (sulfide) groups is 1. The number of benzene rings is 1. The van der Waals surface area contributed by atoms with E-state index in [-0.39, 0.29) is 17.0 Å². The van der Waals surface area contributed by atoms with Crippen LogP contribution in [0.1, 0.15) is 67.0 Å². The highest BCUT2D eigenvalue weighted by atomic mass is 32.2. The van der Waals surface area contributed by atoms with Gasteiger partial charge in [0.05, 0.1) is 11.4 Å². The first-order valence-electron chi connectivity index (χ1n) is 10.9. The topological polar surface area (TPSA) is 42.3 Å². The molecule has 3 nitrogen and oxygen atoms in total. The number of aryl methyl sites for hydroxylation is 1. The quantitative estimate of drug-likeness (QED) is 0.313. The first kappa shape index (κ1) is 24.6. The number of allylic oxidation sites excluding steroid dienone is 4. The molecule has 0 N–H and O–H groups in total. The van der Waals surface area contributed by atoms with E-state index in [2.05, 4.69) is 18.3 Å². The summed E-state index contributed by atoms with van der Waals surface area (Å²) in [5, 5.41) is 0. The largest absolute Gasteiger partial charge is 0.294 e. The molecule has 0 saturated heterocycles. The molecule has 5 heteroatoms. The maximum Gasteiger partial charge on any atom is 0.170 e. The summed E-state index contributed by atoms with van der Waals surface area (Å²) in [6.07, 6.45) is 8.77. The third kappa shape index (κ3) is 5.48. The van der Waals surface area contributed by atoms with Crippen molar-refractivity contribution >= 4 is 39.6 Å². The lowest BCUT2D eigenvalue weighted by molar-refractivity contribution is 0.0809. The van der Waals surface area contributed by atoms with Gasteiger partial charge in [-0.2, -0.15) is 0 Å². The van der Waals surface area contributed by atoms with E-state index in [4.69, 9.17) is 4.98 Å². The molecule has 0 fully saturated rings. The predicted molar refractivity (Wildman–Crippen MR) is 140 cm³/mol. The average Bonchev–Trinajstić information content (AvgIpc) is 2.80. The van der Waals surface area contributed by atoms with Gasteiger partial charge in [-0.05, 0) is 86.5 Å². The molecule has 0 saturated carbocycles. The molecule has 1 aliphatic rings. The number of aliphatic imine (C=N–C) groups is 1. The summed E-state index contributed by atoms with van der Waals surface area (Å²) >= 11 is 1.44. The third-order valence-electron chi connectivity index (χ3n) is 5.79. The fourth-order valence-electron chi connectivity index (χ4n) is 3.82. The number of nitrogens with zero attached hydrogens (tertiary/aromatic N) is 2. The zero-order valence-corrected chi connectivity index (χ0v) is 20.4. The van der Waals surface area contributed by atoms with Crippen LogP contribution >= 0.6 is 11.8 Å². The molecular weight excluding hydrogens is 431 g/mol. The minimum Gasteiger partial charge on any atom is -0.294 e. The number of halogens is 1. The van der Waals surface area contributed by atoms with Gasteiger partial charge >= 0.3 is 0 Å². The molecule has 33 heavy (non-hydrogen) atoms. The molecule has 3 rings (SSSR count). The number of hydrogen-bond donors (Lipinski definition) is 0. The zero-order valence-electron chi connectivity index (χ0n) is 19.6. The van der Waals surface area contributed by atoms with Crippen LogP contribution in [0.4, 0.5) is 4.39 Å². The molecule has 0 aliphatic heterocycles. The average molecular weight is 461 g/mol. The van der Waals surface area contributed by atoms with Crippen LogP contribution in [0.5, 0.6) is 0 Å². The number of pyridine rings is 1. The van der Waals surface area contributed by atoms with Crippen LogP contribution in [-0.2, 0) is 6.42 Å². The smallest absolute Gasteiger partial charge is 0.170 e. The van der Waals surface area contributed by atoms with Crippen LogP contribution < -0.4 is 0 Å². The first-order chi connectivity index (χ1) is 15.7. The molecule has 1 aromatic heterocycles. The Morgan fingerprint density at radius 1 is 1.18 bits per heavy atom. The van der Waals surface area contributed by atoms with Gasteiger partial charge in [-0.15, -0.1) is 0 Å². The molecule has 0 radical (unpaired) electrons. The lowest BCUT2D eigenvalue weighted by Crippen LogP contribution is -2.31. The van der Waals surface area contributed by atoms with E-state index in [0.29, 0.717) is 5.56 Å². The van der Waals surface area contributed by atoms with Crippen molar-refractivity contribution in [3.63, 3.8) is 0 Å². The molecule has 170 valence electrons. The Hall–Kier alpha value is -3.05. The van der Waals surface area contributed by atoms with Gasteiger partial charge in [0.1, 0.15) is 5.82 Å². The van der Waals surface area contributed by atoms with Crippen molar-refractivity contribution in [1.82, 2.24) is 4.98 Å². The number of carbonyl (C=O) groups is 1. The van der Waals surface area contributed by atoms with Gasteiger partial charge in [-0.3, -0.25) is 14.8 Å². The zero-order chi connectivity index (χ0) is 24.2. The Kier molecular flexibility index (Phi) is 7.65. The Labute approximate surface area is 199 Å². The van der Waals surface area contributed by atoms with E-state index in [1.165, 1.54) is 23.9 Å². The van der Waals surface area contributed by atoms with Gasteiger partial charge in [0, 0.05) is 27.0 Å². The highest BCUT2D eigenvalue weighted by Crippen LogP contribution is 2.40. The van der Waals surface area contributed by atoms with Gasteiger partial charge in [0.15, 0.2) is 5.78 Å². The lowest BCUT2D eigenvalue weighted by Gasteiger charge is -2.29. The number of fused-ring (bicyclic) bond motifs is 1. The first-order valence-corrected chi connectivity index (χ1v) is 11.7. The molecule has 2 aromatic rings. The molecule has 0 bridgehead atoms. The molecule has 0 amide bonds. The fraction of sp³-hybridized carbons (Fsp3) is 0.250. The molecule has 0 atom stereocenters. The Morgan fingerprint density at radius 2 is 1.91 bits per heavy atom. The molecule has 1 heterocycles. The van der Waals surface area contributed by atoms with Crippen molar-refractivity contribution in [1.29, 1.82) is 0 Å². The Balaban J connectivity index is 1.88. The van der Waals surface area contributed by atoms with Crippen LogP contribution in [0, 0.1) is 11.2 Å². The van der Waals surface area contributed by atoms with Crippen LogP contribution in [0.3, 0.4) is 0 Å². The van der Waals surface area contributed by atoms with Crippen molar-refractivity contribution in [2.45, 2.75) is 40.5 Å². The van der Waals surface area contributed by atoms with E-state index in [0.717, 1.165) is 50.7 Å². The summed E-state index contributed by atoms with van der Waals surface area (Å²) in [6, 6.07) is 8.68. The summed E-state index contributed by atoms with van der Waals surface area (Å²) in [5.41, 5.74) is 4.28. The summed E-state index contributed by atoms with van der Waals surface area (Å²) in [4.78, 5) is 22.8. The van der Waals surface area contributed by atoms with Crippen molar-refractivity contribution in [3.8, 4) is 0 Å². The minimum atomic E-state index is -0.349. The Bertz CT molecular complexity index is 1200. The van der Waals surface area contributed by atoms with Crippen LogP contribution in [-0.4, -0.2) is 17.5 Å². The minimum absolute atomic E-state index is 0.142. The van der Waals surface area contributed by atoms with Crippen molar-refractivity contribution in [2.24, 2.45) is 10.4 Å². The molecule has 0 spiro atoms. The standard InChI is InChI=1S/C28H29FN2OS/c1-7-19(12-14-30-6)20-15-21(17-22(29)16-20)26(8-2)33-18(3)24-10-9-23-25(31-24)11-13-28(4,5)27(23)32/h7-10,12,14-17H,3,6,11,13H2,1-2,4-5H3/b14-12-,19-7+,26-8-. The van der Waals surface area contributed by atoms with Gasteiger partial charge < -0.3 is 0 Å². The summed E-state index contributed by atoms with van der Waals surface area (Å²) in [7, 11) is 0. The maximum absolute atomic E-state index is 14.5. The summed E-state index contributed by atoms with van der Waals surface area (Å²) in [6.45, 7) is 15.4. The summed E-state index contributed by atoms with van der Waals surface area (Å²) < 4.78 is 14.5. The van der Waals surface area contributed by atoms with Crippen LogP contribution in [0.15, 0.2) is 66.3 Å². The van der Waals surface area contributed by atoms with Crippen LogP contribution in [0.25, 0.3) is 15.4 Å². The van der Waals surface area contributed by atoms with E-state index < -0.39 is 0 Å². The van der Waals surface area contributed by atoms with Gasteiger partial charge in [0.25, 0.3) is 0 Å². The van der Waals surface area contributed by atoms with Gasteiger partial charge in [-0.1, -0.05) is 44.3 Å². The Morgan fingerprint density at radius 3 is 2.58 bits per heavy atom. The van der Waals surface area contributed by atoms with Crippen molar-refractivity contribution < 1.29 is 9.18 Å². The lowest BCUT2D eigenvalue weighted by atomic mass is 9.75. The molecular formula is C28H29FN2OS. The van der Waals surface area contributed by atoms with E-state index in [1.807, 2.05) is 58.0 Å². The highest BCUT2D eigenvalue weighted by molar-refractivity contribution is 8.16. The number of aromatic nitrogens is 1. The number of rotatable bonds is 7. The van der Waals surface area contributed by atoms with Crippen molar-refractivity contribution in [2.75, 3.05) is 0 Å². The predicted octanol–water partition coefficient (Wildman–Crippen LogP) is 7.76. The molecule has 1 aromatic carbocycles. The van der Waals surface area contributed by atoms with Gasteiger partial charge in [-0.25, -0.2) is 4.39 Å². The van der Waals surface area contributed by atoms with E-state index in [1.54, 1.807) is 12.3 Å².